The van der Waals surface area contributed by atoms with Crippen LogP contribution >= 0.6 is 23.2 Å². The second kappa shape index (κ2) is 5.46. The highest BCUT2D eigenvalue weighted by Gasteiger charge is 2.56. The van der Waals surface area contributed by atoms with Crippen LogP contribution in [0.15, 0.2) is 36.8 Å². The fourth-order valence-corrected chi connectivity index (χ4v) is 4.40. The molecule has 1 aromatic heterocycles. The molecule has 2 atom stereocenters. The predicted molar refractivity (Wildman–Crippen MR) is 80.4 cm³/mol. The first kappa shape index (κ1) is 14.6. The molecule has 1 aliphatic heterocycles. The van der Waals surface area contributed by atoms with E-state index in [4.69, 9.17) is 23.2 Å². The van der Waals surface area contributed by atoms with E-state index in [0.717, 1.165) is 0 Å². The topological polar surface area (TPSA) is 77.9 Å². The Bertz CT molecular complexity index is 701. The Labute approximate surface area is 133 Å². The van der Waals surface area contributed by atoms with Crippen molar-refractivity contribution < 1.29 is 9.35 Å². The van der Waals surface area contributed by atoms with Crippen LogP contribution in [0.4, 0.5) is 0 Å². The van der Waals surface area contributed by atoms with Crippen LogP contribution in [0.1, 0.15) is 11.3 Å². The molecular formula is C13H9Cl2N3O2S. The summed E-state index contributed by atoms with van der Waals surface area (Å²) in [5, 5.41) is 3.50. The van der Waals surface area contributed by atoms with Crippen LogP contribution in [0.2, 0.25) is 10.0 Å². The Morgan fingerprint density at radius 3 is 2.71 bits per heavy atom. The molecule has 8 heteroatoms. The molecule has 2 heterocycles. The Hall–Kier alpha value is -1.34. The van der Waals surface area contributed by atoms with E-state index in [-0.39, 0.29) is 11.7 Å². The SMILES string of the molecule is O=C1C[S+]([O-])C(c2cnccn2)(c2ccc(Cl)cc2Cl)N1. The molecule has 0 aliphatic carbocycles. The molecule has 1 saturated heterocycles. The van der Waals surface area contributed by atoms with Crippen LogP contribution in [-0.2, 0) is 20.8 Å². The van der Waals surface area contributed by atoms with Crippen LogP contribution in [0.3, 0.4) is 0 Å². The molecule has 0 bridgehead atoms. The smallest absolute Gasteiger partial charge is 0.274 e. The van der Waals surface area contributed by atoms with Gasteiger partial charge in [-0.15, -0.1) is 0 Å². The maximum atomic E-state index is 12.6. The van der Waals surface area contributed by atoms with Gasteiger partial charge in [0.25, 0.3) is 10.8 Å². The van der Waals surface area contributed by atoms with E-state index in [9.17, 15) is 9.35 Å². The number of halogens is 2. The van der Waals surface area contributed by atoms with Gasteiger partial charge < -0.3 is 4.55 Å². The summed E-state index contributed by atoms with van der Waals surface area (Å²) in [6.45, 7) is 0. The number of carbonyl (C=O) groups excluding carboxylic acids is 1. The van der Waals surface area contributed by atoms with Crippen LogP contribution in [0.25, 0.3) is 0 Å². The second-order valence-corrected chi connectivity index (χ2v) is 6.87. The zero-order valence-corrected chi connectivity index (χ0v) is 12.9. The third-order valence-corrected chi connectivity index (χ3v) is 5.44. The molecule has 2 aromatic rings. The van der Waals surface area contributed by atoms with Crippen molar-refractivity contribution in [3.63, 3.8) is 0 Å². The Balaban J connectivity index is 2.25. The van der Waals surface area contributed by atoms with Gasteiger partial charge in [-0.05, 0) is 29.4 Å². The Morgan fingerprint density at radius 2 is 2.14 bits per heavy atom. The highest BCUT2D eigenvalue weighted by molar-refractivity contribution is 7.93. The maximum Gasteiger partial charge on any atom is 0.274 e. The molecule has 1 aliphatic rings. The number of amides is 1. The molecule has 0 spiro atoms. The molecule has 1 aromatic carbocycles. The van der Waals surface area contributed by atoms with E-state index < -0.39 is 16.0 Å². The average Bonchev–Trinajstić information content (AvgIpc) is 2.75. The van der Waals surface area contributed by atoms with Gasteiger partial charge in [-0.1, -0.05) is 23.2 Å². The summed E-state index contributed by atoms with van der Waals surface area (Å²) in [7, 11) is 0. The summed E-state index contributed by atoms with van der Waals surface area (Å²) < 4.78 is 12.6. The molecule has 21 heavy (non-hydrogen) atoms. The number of hydrogen-bond donors (Lipinski definition) is 1. The van der Waals surface area contributed by atoms with Gasteiger partial charge in [0.05, 0.1) is 16.8 Å². The van der Waals surface area contributed by atoms with Gasteiger partial charge in [-0.25, -0.2) is 4.98 Å². The van der Waals surface area contributed by atoms with Crippen molar-refractivity contribution in [2.45, 2.75) is 4.87 Å². The van der Waals surface area contributed by atoms with Crippen LogP contribution < -0.4 is 5.32 Å². The lowest BCUT2D eigenvalue weighted by atomic mass is 10.0. The van der Waals surface area contributed by atoms with E-state index in [1.54, 1.807) is 12.1 Å². The van der Waals surface area contributed by atoms with Crippen molar-refractivity contribution in [3.05, 3.63) is 58.1 Å². The minimum atomic E-state index is -1.56. The molecule has 1 fully saturated rings. The van der Waals surface area contributed by atoms with Gasteiger partial charge in [0.2, 0.25) is 0 Å². The van der Waals surface area contributed by atoms with Gasteiger partial charge in [0, 0.05) is 17.4 Å². The number of nitrogens with zero attached hydrogens (tertiary/aromatic N) is 2. The van der Waals surface area contributed by atoms with Gasteiger partial charge in [-0.2, -0.15) is 0 Å². The summed E-state index contributed by atoms with van der Waals surface area (Å²) in [6.07, 6.45) is 4.44. The monoisotopic (exact) mass is 341 g/mol. The number of rotatable bonds is 2. The third kappa shape index (κ3) is 2.38. The first-order valence-electron chi connectivity index (χ1n) is 5.95. The van der Waals surface area contributed by atoms with E-state index in [1.165, 1.54) is 24.7 Å². The van der Waals surface area contributed by atoms with Crippen molar-refractivity contribution >= 4 is 40.3 Å². The highest BCUT2D eigenvalue weighted by atomic mass is 35.5. The minimum Gasteiger partial charge on any atom is -0.614 e. The van der Waals surface area contributed by atoms with Gasteiger partial charge in [0.15, 0.2) is 5.75 Å². The summed E-state index contributed by atoms with van der Waals surface area (Å²) in [5.41, 5.74) is 0.858. The van der Waals surface area contributed by atoms with Gasteiger partial charge in [0.1, 0.15) is 5.69 Å². The standard InChI is InChI=1S/C13H9Cl2N3O2S/c14-8-1-2-9(10(15)5-8)13(11-6-16-3-4-17-11)18-12(19)7-21(13)20/h1-6H,7H2,(H,18,19). The van der Waals surface area contributed by atoms with Crippen LogP contribution in [0, 0.1) is 0 Å². The molecular weight excluding hydrogens is 333 g/mol. The lowest BCUT2D eigenvalue weighted by Gasteiger charge is -2.29. The van der Waals surface area contributed by atoms with Crippen LogP contribution in [0.5, 0.6) is 0 Å². The molecule has 0 radical (unpaired) electrons. The Morgan fingerprint density at radius 1 is 1.33 bits per heavy atom. The highest BCUT2D eigenvalue weighted by Crippen LogP contribution is 2.41. The van der Waals surface area contributed by atoms with Crippen molar-refractivity contribution in [3.8, 4) is 0 Å². The summed E-state index contributed by atoms with van der Waals surface area (Å²) in [4.78, 5) is 18.7. The average molecular weight is 342 g/mol. The first-order valence-corrected chi connectivity index (χ1v) is 8.03. The molecule has 2 unspecified atom stereocenters. The van der Waals surface area contributed by atoms with Crippen molar-refractivity contribution in [2.24, 2.45) is 0 Å². The molecule has 3 rings (SSSR count). The molecule has 5 nitrogen and oxygen atoms in total. The molecule has 108 valence electrons. The van der Waals surface area contributed by atoms with E-state index >= 15 is 0 Å². The summed E-state index contributed by atoms with van der Waals surface area (Å²) in [6, 6.07) is 4.81. The lowest BCUT2D eigenvalue weighted by Crippen LogP contribution is -2.45. The predicted octanol–water partition coefficient (Wildman–Crippen LogP) is 1.86. The number of aromatic nitrogens is 2. The zero-order valence-electron chi connectivity index (χ0n) is 10.5. The molecule has 0 saturated carbocycles. The second-order valence-electron chi connectivity index (χ2n) is 4.43. The van der Waals surface area contributed by atoms with Crippen molar-refractivity contribution in [1.82, 2.24) is 15.3 Å². The fraction of sp³-hybridized carbons (Fsp3) is 0.154. The van der Waals surface area contributed by atoms with E-state index in [0.29, 0.717) is 21.3 Å². The lowest BCUT2D eigenvalue weighted by molar-refractivity contribution is -0.118. The van der Waals surface area contributed by atoms with Crippen LogP contribution in [-0.4, -0.2) is 26.2 Å². The Kier molecular flexibility index (Phi) is 3.79. The number of nitrogens with one attached hydrogen (secondary N) is 1. The number of carbonyl (C=O) groups is 1. The van der Waals surface area contributed by atoms with Gasteiger partial charge in [-0.3, -0.25) is 15.1 Å². The molecule has 1 amide bonds. The minimum absolute atomic E-state index is 0.116. The third-order valence-electron chi connectivity index (χ3n) is 3.15. The van der Waals surface area contributed by atoms with E-state index in [1.807, 2.05) is 0 Å². The number of benzene rings is 1. The van der Waals surface area contributed by atoms with Crippen molar-refractivity contribution in [1.29, 1.82) is 0 Å². The largest absolute Gasteiger partial charge is 0.614 e. The maximum absolute atomic E-state index is 12.6. The zero-order chi connectivity index (χ0) is 15.0. The molecule has 1 N–H and O–H groups in total. The number of hydrogen-bond acceptors (Lipinski definition) is 4. The first-order chi connectivity index (χ1) is 10.0. The summed E-state index contributed by atoms with van der Waals surface area (Å²) in [5.74, 6) is -0.444. The van der Waals surface area contributed by atoms with Gasteiger partial charge >= 0.3 is 0 Å². The fourth-order valence-electron chi connectivity index (χ4n) is 2.28. The normalized spacial score (nSPS) is 24.9. The quantitative estimate of drug-likeness (QED) is 0.845. The van der Waals surface area contributed by atoms with E-state index in [2.05, 4.69) is 15.3 Å². The summed E-state index contributed by atoms with van der Waals surface area (Å²) >= 11 is 10.6. The van der Waals surface area contributed by atoms with Crippen molar-refractivity contribution in [2.75, 3.05) is 5.75 Å².